The third-order valence-corrected chi connectivity index (χ3v) is 1.88. The fourth-order valence-electron chi connectivity index (χ4n) is 0.769. The molecule has 0 N–H and O–H groups in total. The fourth-order valence-corrected chi connectivity index (χ4v) is 1.29. The lowest BCUT2D eigenvalue weighted by molar-refractivity contribution is 0.359. The van der Waals surface area contributed by atoms with Crippen molar-refractivity contribution in [2.45, 2.75) is 6.92 Å². The Labute approximate surface area is 80.4 Å². The highest BCUT2D eigenvalue weighted by atomic mass is 79.9. The maximum atomic E-state index is 5.31. The summed E-state index contributed by atoms with van der Waals surface area (Å²) in [6.45, 7) is 6.00. The van der Waals surface area contributed by atoms with Gasteiger partial charge >= 0.3 is 0 Å². The first-order valence-electron chi connectivity index (χ1n) is 3.61. The minimum atomic E-state index is 0.503. The molecule has 0 saturated heterocycles. The van der Waals surface area contributed by atoms with Gasteiger partial charge in [-0.05, 0) is 35.0 Å². The van der Waals surface area contributed by atoms with Gasteiger partial charge in [-0.15, -0.1) is 0 Å². The summed E-state index contributed by atoms with van der Waals surface area (Å²) in [5.41, 5.74) is 0.966. The summed E-state index contributed by atoms with van der Waals surface area (Å²) in [4.78, 5) is 4.18. The third kappa shape index (κ3) is 2.34. The van der Waals surface area contributed by atoms with E-state index in [1.165, 1.54) is 0 Å². The van der Waals surface area contributed by atoms with Crippen molar-refractivity contribution in [2.75, 3.05) is 6.61 Å². The smallest absolute Gasteiger partial charge is 0.152 e. The first-order chi connectivity index (χ1) is 5.74. The molecule has 0 aromatic carbocycles. The van der Waals surface area contributed by atoms with Crippen molar-refractivity contribution < 1.29 is 4.74 Å². The van der Waals surface area contributed by atoms with Gasteiger partial charge in [0.1, 0.15) is 11.2 Å². The zero-order valence-electron chi connectivity index (χ0n) is 6.88. The number of pyridine rings is 1. The molecule has 0 saturated carbocycles. The fraction of sp³-hybridized carbons (Fsp3) is 0.222. The zero-order valence-corrected chi connectivity index (χ0v) is 8.47. The molecule has 1 rings (SSSR count). The minimum Gasteiger partial charge on any atom is -0.487 e. The van der Waals surface area contributed by atoms with E-state index in [2.05, 4.69) is 27.5 Å². The molecule has 3 heteroatoms. The van der Waals surface area contributed by atoms with Crippen LogP contribution in [0.1, 0.15) is 5.69 Å². The lowest BCUT2D eigenvalue weighted by Crippen LogP contribution is -1.95. The first-order valence-corrected chi connectivity index (χ1v) is 4.40. The Bertz CT molecular complexity index is 286. The molecule has 0 aliphatic rings. The van der Waals surface area contributed by atoms with Gasteiger partial charge in [0.15, 0.2) is 5.75 Å². The van der Waals surface area contributed by atoms with Gasteiger partial charge in [-0.2, -0.15) is 0 Å². The number of hydrogen-bond donors (Lipinski definition) is 0. The van der Waals surface area contributed by atoms with Crippen LogP contribution in [-0.4, -0.2) is 11.6 Å². The number of aryl methyl sites for hydroxylation is 1. The van der Waals surface area contributed by atoms with Crippen LogP contribution in [0.5, 0.6) is 5.75 Å². The number of hydrogen-bond acceptors (Lipinski definition) is 2. The first kappa shape index (κ1) is 9.26. The molecule has 1 heterocycles. The van der Waals surface area contributed by atoms with Crippen LogP contribution >= 0.6 is 15.9 Å². The molecule has 0 unspecified atom stereocenters. The molecular formula is C9H10BrNO. The molecule has 64 valence electrons. The van der Waals surface area contributed by atoms with Gasteiger partial charge < -0.3 is 4.74 Å². The molecule has 0 fully saturated rings. The van der Waals surface area contributed by atoms with Crippen LogP contribution in [0.25, 0.3) is 0 Å². The highest BCUT2D eigenvalue weighted by Crippen LogP contribution is 2.22. The normalized spacial score (nSPS) is 9.50. The Hall–Kier alpha value is -0.830. The maximum absolute atomic E-state index is 5.31. The average molecular weight is 228 g/mol. The molecule has 0 atom stereocenters. The number of aromatic nitrogens is 1. The highest BCUT2D eigenvalue weighted by Gasteiger charge is 2.00. The minimum absolute atomic E-state index is 0.503. The molecule has 1 aromatic heterocycles. The molecule has 1 aromatic rings. The van der Waals surface area contributed by atoms with Crippen molar-refractivity contribution in [3.05, 3.63) is 35.1 Å². The predicted molar refractivity (Wildman–Crippen MR) is 52.4 cm³/mol. The van der Waals surface area contributed by atoms with E-state index in [-0.39, 0.29) is 0 Å². The number of ether oxygens (including phenoxy) is 1. The summed E-state index contributed by atoms with van der Waals surface area (Å²) in [6.07, 6.45) is 1.70. The standard InChI is InChI=1S/C9H10BrNO/c1-3-6-12-8-5-4-7(2)11-9(8)10/h3-5H,1,6H2,2H3. The summed E-state index contributed by atoms with van der Waals surface area (Å²) in [5.74, 6) is 0.750. The monoisotopic (exact) mass is 227 g/mol. The molecule has 2 nitrogen and oxygen atoms in total. The van der Waals surface area contributed by atoms with Gasteiger partial charge in [0.25, 0.3) is 0 Å². The highest BCUT2D eigenvalue weighted by molar-refractivity contribution is 9.10. The third-order valence-electron chi connectivity index (χ3n) is 1.31. The Kier molecular flexibility index (Phi) is 3.29. The van der Waals surface area contributed by atoms with Crippen LogP contribution in [0.4, 0.5) is 0 Å². The number of nitrogens with zero attached hydrogens (tertiary/aromatic N) is 1. The van der Waals surface area contributed by atoms with Crippen molar-refractivity contribution >= 4 is 15.9 Å². The van der Waals surface area contributed by atoms with E-state index in [0.29, 0.717) is 6.61 Å². The molecule has 0 bridgehead atoms. The van der Waals surface area contributed by atoms with Crippen LogP contribution < -0.4 is 4.74 Å². The van der Waals surface area contributed by atoms with E-state index in [9.17, 15) is 0 Å². The number of halogens is 1. The van der Waals surface area contributed by atoms with Crippen LogP contribution in [0.3, 0.4) is 0 Å². The summed E-state index contributed by atoms with van der Waals surface area (Å²) in [5, 5.41) is 0. The molecule has 0 spiro atoms. The quantitative estimate of drug-likeness (QED) is 0.586. The molecule has 12 heavy (non-hydrogen) atoms. The van der Waals surface area contributed by atoms with Crippen LogP contribution in [0.15, 0.2) is 29.4 Å². The average Bonchev–Trinajstić information content (AvgIpc) is 2.03. The largest absolute Gasteiger partial charge is 0.487 e. The lowest BCUT2D eigenvalue weighted by atomic mass is 10.4. The van der Waals surface area contributed by atoms with Gasteiger partial charge in [0.2, 0.25) is 0 Å². The van der Waals surface area contributed by atoms with Crippen LogP contribution in [-0.2, 0) is 0 Å². The molecule has 0 aliphatic heterocycles. The van der Waals surface area contributed by atoms with Crippen molar-refractivity contribution in [1.82, 2.24) is 4.98 Å². The number of rotatable bonds is 3. The maximum Gasteiger partial charge on any atom is 0.152 e. The van der Waals surface area contributed by atoms with E-state index in [4.69, 9.17) is 4.74 Å². The summed E-state index contributed by atoms with van der Waals surface area (Å²) < 4.78 is 6.05. The van der Waals surface area contributed by atoms with Crippen molar-refractivity contribution in [3.8, 4) is 5.75 Å². The van der Waals surface area contributed by atoms with Gasteiger partial charge in [-0.1, -0.05) is 12.7 Å². The zero-order chi connectivity index (χ0) is 8.97. The van der Waals surface area contributed by atoms with E-state index in [0.717, 1.165) is 16.0 Å². The Balaban J connectivity index is 2.78. The SMILES string of the molecule is C=CCOc1ccc(C)nc1Br. The van der Waals surface area contributed by atoms with E-state index in [1.54, 1.807) is 6.08 Å². The van der Waals surface area contributed by atoms with Crippen molar-refractivity contribution in [1.29, 1.82) is 0 Å². The van der Waals surface area contributed by atoms with Crippen LogP contribution in [0, 0.1) is 6.92 Å². The van der Waals surface area contributed by atoms with Gasteiger partial charge in [0.05, 0.1) is 0 Å². The second kappa shape index (κ2) is 4.26. The Morgan fingerprint density at radius 1 is 1.67 bits per heavy atom. The molecule has 0 aliphatic carbocycles. The van der Waals surface area contributed by atoms with E-state index >= 15 is 0 Å². The van der Waals surface area contributed by atoms with E-state index in [1.807, 2.05) is 19.1 Å². The second-order valence-electron chi connectivity index (χ2n) is 2.34. The summed E-state index contributed by atoms with van der Waals surface area (Å²) in [7, 11) is 0. The topological polar surface area (TPSA) is 22.1 Å². The van der Waals surface area contributed by atoms with Gasteiger partial charge in [-0.25, -0.2) is 4.98 Å². The predicted octanol–water partition coefficient (Wildman–Crippen LogP) is 2.72. The Morgan fingerprint density at radius 2 is 2.42 bits per heavy atom. The second-order valence-corrected chi connectivity index (χ2v) is 3.09. The van der Waals surface area contributed by atoms with Crippen molar-refractivity contribution in [3.63, 3.8) is 0 Å². The van der Waals surface area contributed by atoms with Crippen molar-refractivity contribution in [2.24, 2.45) is 0 Å². The van der Waals surface area contributed by atoms with Crippen LogP contribution in [0.2, 0.25) is 0 Å². The molecule has 0 amide bonds. The molecule has 0 radical (unpaired) electrons. The lowest BCUT2D eigenvalue weighted by Gasteiger charge is -2.04. The molecular weight excluding hydrogens is 218 g/mol. The summed E-state index contributed by atoms with van der Waals surface area (Å²) >= 11 is 3.31. The summed E-state index contributed by atoms with van der Waals surface area (Å²) in [6, 6.07) is 3.79. The van der Waals surface area contributed by atoms with E-state index < -0.39 is 0 Å². The van der Waals surface area contributed by atoms with Gasteiger partial charge in [0, 0.05) is 5.69 Å². The Morgan fingerprint density at radius 3 is 3.00 bits per heavy atom. The van der Waals surface area contributed by atoms with Gasteiger partial charge in [-0.3, -0.25) is 0 Å².